The number of benzene rings is 1. The summed E-state index contributed by atoms with van der Waals surface area (Å²) >= 11 is 0. The highest BCUT2D eigenvalue weighted by molar-refractivity contribution is 5.93. The van der Waals surface area contributed by atoms with Crippen LogP contribution in [0.5, 0.6) is 0 Å². The van der Waals surface area contributed by atoms with Crippen LogP contribution in [-0.2, 0) is 11.3 Å². The molecule has 0 bridgehead atoms. The predicted molar refractivity (Wildman–Crippen MR) is 73.1 cm³/mol. The minimum Gasteiger partial charge on any atom is -0.465 e. The summed E-state index contributed by atoms with van der Waals surface area (Å²) in [6.45, 7) is 2.95. The van der Waals surface area contributed by atoms with E-state index in [2.05, 4.69) is 17.0 Å². The fourth-order valence-corrected chi connectivity index (χ4v) is 3.35. The summed E-state index contributed by atoms with van der Waals surface area (Å²) in [5.41, 5.74) is 1.09. The Morgan fingerprint density at radius 1 is 1.25 bits per heavy atom. The van der Waals surface area contributed by atoms with Crippen LogP contribution in [0.25, 0.3) is 0 Å². The Morgan fingerprint density at radius 3 is 2.65 bits per heavy atom. The average Bonchev–Trinajstić information content (AvgIpc) is 2.95. The third kappa shape index (κ3) is 2.41. The fourth-order valence-electron chi connectivity index (χ4n) is 3.35. The molecule has 2 heterocycles. The zero-order valence-corrected chi connectivity index (χ0v) is 11.3. The fraction of sp³-hybridized carbons (Fsp3) is 0.467. The minimum atomic E-state index is -1.12. The number of amides is 2. The molecule has 2 fully saturated rings. The number of likely N-dealkylation sites (tertiary alicyclic amines) is 2. The lowest BCUT2D eigenvalue weighted by molar-refractivity contribution is -0.126. The largest absolute Gasteiger partial charge is 0.465 e. The maximum absolute atomic E-state index is 11.8. The molecule has 1 aromatic carbocycles. The molecule has 0 aliphatic carbocycles. The molecule has 2 saturated heterocycles. The second-order valence-electron chi connectivity index (χ2n) is 5.89. The van der Waals surface area contributed by atoms with E-state index in [4.69, 9.17) is 5.11 Å². The van der Waals surface area contributed by atoms with Crippen molar-refractivity contribution in [1.29, 1.82) is 0 Å². The molecule has 106 valence electrons. The maximum Gasteiger partial charge on any atom is 0.414 e. The molecule has 1 N–H and O–H groups in total. The number of carbonyl (C=O) groups is 2. The van der Waals surface area contributed by atoms with Crippen LogP contribution in [0.3, 0.4) is 0 Å². The van der Waals surface area contributed by atoms with E-state index in [0.717, 1.165) is 31.0 Å². The summed E-state index contributed by atoms with van der Waals surface area (Å²) in [6.07, 6.45) is 0.147. The van der Waals surface area contributed by atoms with Gasteiger partial charge in [0.1, 0.15) is 0 Å². The highest BCUT2D eigenvalue weighted by Gasteiger charge is 2.49. The Morgan fingerprint density at radius 2 is 2.00 bits per heavy atom. The maximum atomic E-state index is 11.8. The molecule has 1 spiro atoms. The van der Waals surface area contributed by atoms with Crippen LogP contribution in [0, 0.1) is 5.41 Å². The number of hydrogen-bond donors (Lipinski definition) is 1. The van der Waals surface area contributed by atoms with Gasteiger partial charge in [0.05, 0.1) is 0 Å². The lowest BCUT2D eigenvalue weighted by Gasteiger charge is -2.22. The van der Waals surface area contributed by atoms with Crippen LogP contribution < -0.4 is 0 Å². The van der Waals surface area contributed by atoms with Crippen molar-refractivity contribution in [3.8, 4) is 0 Å². The molecule has 20 heavy (non-hydrogen) atoms. The first kappa shape index (κ1) is 13.1. The molecule has 0 radical (unpaired) electrons. The molecular formula is C15H18N2O3. The second-order valence-corrected chi connectivity index (χ2v) is 5.89. The Hall–Kier alpha value is -1.88. The second kappa shape index (κ2) is 4.90. The zero-order valence-electron chi connectivity index (χ0n) is 11.3. The smallest absolute Gasteiger partial charge is 0.414 e. The number of hydrogen-bond acceptors (Lipinski definition) is 3. The van der Waals surface area contributed by atoms with E-state index in [1.54, 1.807) is 0 Å². The van der Waals surface area contributed by atoms with Gasteiger partial charge in [-0.25, -0.2) is 9.69 Å². The first-order chi connectivity index (χ1) is 9.58. The van der Waals surface area contributed by atoms with Crippen molar-refractivity contribution in [2.45, 2.75) is 19.4 Å². The number of nitrogens with zero attached hydrogens (tertiary/aromatic N) is 2. The van der Waals surface area contributed by atoms with Gasteiger partial charge in [-0.15, -0.1) is 0 Å². The van der Waals surface area contributed by atoms with E-state index in [9.17, 15) is 9.59 Å². The number of carbonyl (C=O) groups excluding carboxylic acids is 1. The molecule has 2 aliphatic heterocycles. The van der Waals surface area contributed by atoms with Gasteiger partial charge in [-0.1, -0.05) is 30.3 Å². The molecule has 1 aromatic rings. The standard InChI is InChI=1S/C15H18N2O3/c18-13-8-15(11-17(13)14(19)20)6-7-16(10-15)9-12-4-2-1-3-5-12/h1-5H,6-11H2,(H,19,20). The lowest BCUT2D eigenvalue weighted by atomic mass is 9.86. The Bertz CT molecular complexity index is 531. The van der Waals surface area contributed by atoms with Gasteiger partial charge in [-0.2, -0.15) is 0 Å². The normalized spacial score (nSPS) is 26.6. The Labute approximate surface area is 117 Å². The molecule has 1 unspecified atom stereocenters. The summed E-state index contributed by atoms with van der Waals surface area (Å²) in [7, 11) is 0. The third-order valence-electron chi connectivity index (χ3n) is 4.32. The van der Waals surface area contributed by atoms with Crippen molar-refractivity contribution in [3.05, 3.63) is 35.9 Å². The molecule has 1 atom stereocenters. The molecule has 3 rings (SSSR count). The summed E-state index contributed by atoms with van der Waals surface area (Å²) in [5.74, 6) is -0.251. The monoisotopic (exact) mass is 274 g/mol. The van der Waals surface area contributed by atoms with Crippen LogP contribution in [0.15, 0.2) is 30.3 Å². The zero-order chi connectivity index (χ0) is 14.2. The van der Waals surface area contributed by atoms with Crippen molar-refractivity contribution < 1.29 is 14.7 Å². The van der Waals surface area contributed by atoms with Gasteiger partial charge in [-0.05, 0) is 18.5 Å². The van der Waals surface area contributed by atoms with Crippen molar-refractivity contribution in [2.24, 2.45) is 5.41 Å². The molecule has 0 saturated carbocycles. The topological polar surface area (TPSA) is 60.9 Å². The average molecular weight is 274 g/mol. The lowest BCUT2D eigenvalue weighted by Crippen LogP contribution is -2.34. The first-order valence-corrected chi connectivity index (χ1v) is 6.88. The van der Waals surface area contributed by atoms with E-state index in [-0.39, 0.29) is 11.3 Å². The van der Waals surface area contributed by atoms with Crippen LogP contribution >= 0.6 is 0 Å². The van der Waals surface area contributed by atoms with E-state index in [1.165, 1.54) is 5.56 Å². The number of imide groups is 1. The van der Waals surface area contributed by atoms with Gasteiger partial charge in [-0.3, -0.25) is 9.69 Å². The summed E-state index contributed by atoms with van der Waals surface area (Å²) in [5, 5.41) is 9.02. The van der Waals surface area contributed by atoms with Gasteiger partial charge in [0.2, 0.25) is 5.91 Å². The molecule has 5 nitrogen and oxygen atoms in total. The Balaban J connectivity index is 1.65. The van der Waals surface area contributed by atoms with Gasteiger partial charge in [0.15, 0.2) is 0 Å². The van der Waals surface area contributed by atoms with Crippen LogP contribution in [-0.4, -0.2) is 46.5 Å². The molecular weight excluding hydrogens is 256 g/mol. The van der Waals surface area contributed by atoms with Crippen LogP contribution in [0.1, 0.15) is 18.4 Å². The van der Waals surface area contributed by atoms with E-state index in [1.807, 2.05) is 18.2 Å². The summed E-state index contributed by atoms with van der Waals surface area (Å²) in [6, 6.07) is 10.2. The Kier molecular flexibility index (Phi) is 3.22. The quantitative estimate of drug-likeness (QED) is 0.893. The van der Waals surface area contributed by atoms with E-state index >= 15 is 0 Å². The predicted octanol–water partition coefficient (Wildman–Crippen LogP) is 1.79. The van der Waals surface area contributed by atoms with Crippen molar-refractivity contribution in [1.82, 2.24) is 9.80 Å². The van der Waals surface area contributed by atoms with Crippen molar-refractivity contribution >= 4 is 12.0 Å². The number of carboxylic acid groups (broad SMARTS) is 1. The SMILES string of the molecule is O=C(O)N1CC2(CCN(Cc3ccccc3)C2)CC1=O. The molecule has 0 aromatic heterocycles. The van der Waals surface area contributed by atoms with E-state index in [0.29, 0.717) is 13.0 Å². The molecule has 5 heteroatoms. The van der Waals surface area contributed by atoms with Gasteiger partial charge >= 0.3 is 6.09 Å². The van der Waals surface area contributed by atoms with Crippen molar-refractivity contribution in [2.75, 3.05) is 19.6 Å². The van der Waals surface area contributed by atoms with Gasteiger partial charge in [0, 0.05) is 31.5 Å². The highest BCUT2D eigenvalue weighted by Crippen LogP contribution is 2.40. The number of rotatable bonds is 2. The van der Waals surface area contributed by atoms with Crippen molar-refractivity contribution in [3.63, 3.8) is 0 Å². The highest BCUT2D eigenvalue weighted by atomic mass is 16.4. The van der Waals surface area contributed by atoms with E-state index < -0.39 is 6.09 Å². The summed E-state index contributed by atoms with van der Waals surface area (Å²) in [4.78, 5) is 26.1. The van der Waals surface area contributed by atoms with Crippen LogP contribution in [0.2, 0.25) is 0 Å². The first-order valence-electron chi connectivity index (χ1n) is 6.88. The van der Waals surface area contributed by atoms with Crippen LogP contribution in [0.4, 0.5) is 4.79 Å². The molecule has 2 amide bonds. The molecule has 2 aliphatic rings. The summed E-state index contributed by atoms with van der Waals surface area (Å²) < 4.78 is 0. The minimum absolute atomic E-state index is 0.162. The van der Waals surface area contributed by atoms with Gasteiger partial charge < -0.3 is 5.11 Å². The third-order valence-corrected chi connectivity index (χ3v) is 4.32. The van der Waals surface area contributed by atoms with Gasteiger partial charge in [0.25, 0.3) is 0 Å².